The molecule has 1 unspecified atom stereocenters. The van der Waals surface area contributed by atoms with Crippen molar-refractivity contribution >= 4 is 23.3 Å². The van der Waals surface area contributed by atoms with Gasteiger partial charge < -0.3 is 5.32 Å². The maximum atomic E-state index is 3.94. The van der Waals surface area contributed by atoms with Gasteiger partial charge in [-0.1, -0.05) is 4.49 Å². The summed E-state index contributed by atoms with van der Waals surface area (Å²) in [7, 11) is 0. The van der Waals surface area contributed by atoms with Crippen LogP contribution in [-0.2, 0) is 0 Å². The number of thioether (sulfide) groups is 1. The van der Waals surface area contributed by atoms with E-state index in [-0.39, 0.29) is 0 Å². The number of rotatable bonds is 1. The molecule has 0 amide bonds. The van der Waals surface area contributed by atoms with E-state index >= 15 is 0 Å². The van der Waals surface area contributed by atoms with Crippen LogP contribution >= 0.6 is 23.3 Å². The molecule has 0 aromatic carbocycles. The predicted octanol–water partition coefficient (Wildman–Crippen LogP) is 1.34. The summed E-state index contributed by atoms with van der Waals surface area (Å²) in [5, 5.41) is 11.4. The molecule has 2 rings (SSSR count). The Morgan fingerprint density at radius 3 is 3.20 bits per heavy atom. The molecule has 1 N–H and O–H groups in total. The Bertz CT molecular complexity index is 223. The van der Waals surface area contributed by atoms with Crippen molar-refractivity contribution in [3.05, 3.63) is 22.7 Å². The first-order chi connectivity index (χ1) is 4.97. The average Bonchev–Trinajstić information content (AvgIpc) is 2.59. The van der Waals surface area contributed by atoms with E-state index in [1.807, 2.05) is 17.0 Å². The van der Waals surface area contributed by atoms with Crippen molar-refractivity contribution < 1.29 is 0 Å². The van der Waals surface area contributed by atoms with Crippen molar-refractivity contribution in [2.24, 2.45) is 0 Å². The maximum absolute atomic E-state index is 3.94. The zero-order valence-electron chi connectivity index (χ0n) is 5.02. The number of nitrogens with zero attached hydrogens (tertiary/aromatic N) is 2. The number of hydrogen-bond donors (Lipinski definition) is 1. The summed E-state index contributed by atoms with van der Waals surface area (Å²) in [6, 6.07) is 0. The van der Waals surface area contributed by atoms with Gasteiger partial charge in [0, 0.05) is 11.6 Å². The summed E-state index contributed by atoms with van der Waals surface area (Å²) in [5.74, 6) is 0. The second kappa shape index (κ2) is 2.59. The molecular formula is C5H5N3S2. The van der Waals surface area contributed by atoms with Gasteiger partial charge in [-0.3, -0.25) is 0 Å². The third-order valence-electron chi connectivity index (χ3n) is 1.18. The number of aromatic nitrogens is 2. The van der Waals surface area contributed by atoms with Crippen molar-refractivity contribution in [1.82, 2.24) is 14.9 Å². The highest BCUT2D eigenvalue weighted by Gasteiger charge is 2.14. The van der Waals surface area contributed by atoms with Crippen LogP contribution in [-0.4, -0.2) is 9.59 Å². The van der Waals surface area contributed by atoms with Crippen LogP contribution in [0.2, 0.25) is 0 Å². The standard InChI is InChI=1S/C5H5N3S2/c1-2-9-5(6-1)4-3-10-8-7-4/h1-3,5-6H. The summed E-state index contributed by atoms with van der Waals surface area (Å²) in [4.78, 5) is 0. The van der Waals surface area contributed by atoms with E-state index in [0.717, 1.165) is 5.69 Å². The van der Waals surface area contributed by atoms with Crippen LogP contribution in [0.4, 0.5) is 0 Å². The van der Waals surface area contributed by atoms with E-state index in [2.05, 4.69) is 14.9 Å². The van der Waals surface area contributed by atoms with E-state index in [1.165, 1.54) is 11.5 Å². The Hall–Kier alpha value is -0.550. The first-order valence-corrected chi connectivity index (χ1v) is 4.58. The molecule has 10 heavy (non-hydrogen) atoms. The van der Waals surface area contributed by atoms with Gasteiger partial charge in [-0.15, -0.1) is 16.9 Å². The summed E-state index contributed by atoms with van der Waals surface area (Å²) < 4.78 is 3.78. The summed E-state index contributed by atoms with van der Waals surface area (Å²) >= 11 is 3.10. The van der Waals surface area contributed by atoms with Gasteiger partial charge in [0.1, 0.15) is 11.1 Å². The molecule has 0 saturated heterocycles. The van der Waals surface area contributed by atoms with Gasteiger partial charge in [-0.2, -0.15) is 0 Å². The molecule has 0 saturated carbocycles. The fourth-order valence-electron chi connectivity index (χ4n) is 0.725. The minimum absolute atomic E-state index is 0.291. The zero-order valence-corrected chi connectivity index (χ0v) is 6.65. The SMILES string of the molecule is C1=CSC(c2csnn2)N1. The van der Waals surface area contributed by atoms with Crippen LogP contribution in [0.15, 0.2) is 17.0 Å². The Balaban J connectivity index is 2.14. The van der Waals surface area contributed by atoms with Crippen LogP contribution in [0.5, 0.6) is 0 Å². The van der Waals surface area contributed by atoms with Gasteiger partial charge in [0.2, 0.25) is 0 Å². The Morgan fingerprint density at radius 2 is 2.60 bits per heavy atom. The Kier molecular flexibility index (Phi) is 1.60. The molecule has 1 aliphatic rings. The fraction of sp³-hybridized carbons (Fsp3) is 0.200. The van der Waals surface area contributed by atoms with Crippen molar-refractivity contribution in [3.8, 4) is 0 Å². The van der Waals surface area contributed by atoms with Crippen molar-refractivity contribution in [2.45, 2.75) is 5.37 Å². The van der Waals surface area contributed by atoms with Gasteiger partial charge in [0.15, 0.2) is 0 Å². The highest BCUT2D eigenvalue weighted by molar-refractivity contribution is 8.02. The van der Waals surface area contributed by atoms with Crippen molar-refractivity contribution in [3.63, 3.8) is 0 Å². The molecule has 5 heteroatoms. The Labute approximate surface area is 66.7 Å². The summed E-state index contributed by atoms with van der Waals surface area (Å²) in [6.07, 6.45) is 1.93. The highest BCUT2D eigenvalue weighted by atomic mass is 32.2. The highest BCUT2D eigenvalue weighted by Crippen LogP contribution is 2.29. The molecule has 2 heterocycles. The van der Waals surface area contributed by atoms with Gasteiger partial charge in [0.25, 0.3) is 0 Å². The molecule has 0 radical (unpaired) electrons. The smallest absolute Gasteiger partial charge is 0.122 e. The van der Waals surface area contributed by atoms with Crippen LogP contribution < -0.4 is 5.32 Å². The topological polar surface area (TPSA) is 37.8 Å². The first kappa shape index (κ1) is 6.18. The lowest BCUT2D eigenvalue weighted by atomic mass is 10.5. The second-order valence-corrected chi connectivity index (χ2v) is 3.44. The quantitative estimate of drug-likeness (QED) is 0.692. The fourth-order valence-corrected chi connectivity index (χ4v) is 2.02. The molecule has 0 aliphatic carbocycles. The Morgan fingerprint density at radius 1 is 1.60 bits per heavy atom. The van der Waals surface area contributed by atoms with Gasteiger partial charge >= 0.3 is 0 Å². The molecule has 1 aliphatic heterocycles. The van der Waals surface area contributed by atoms with E-state index in [1.54, 1.807) is 11.8 Å². The van der Waals surface area contributed by atoms with Gasteiger partial charge in [-0.05, 0) is 16.9 Å². The molecule has 0 bridgehead atoms. The summed E-state index contributed by atoms with van der Waals surface area (Å²) in [5.41, 5.74) is 1.01. The average molecular weight is 171 g/mol. The van der Waals surface area contributed by atoms with Gasteiger partial charge in [-0.25, -0.2) is 0 Å². The molecule has 52 valence electrons. The lowest BCUT2D eigenvalue weighted by molar-refractivity contribution is 0.819. The molecular weight excluding hydrogens is 166 g/mol. The predicted molar refractivity (Wildman–Crippen MR) is 42.5 cm³/mol. The zero-order chi connectivity index (χ0) is 6.81. The summed E-state index contributed by atoms with van der Waals surface area (Å²) in [6.45, 7) is 0. The normalized spacial score (nSPS) is 23.0. The number of hydrogen-bond acceptors (Lipinski definition) is 5. The van der Waals surface area contributed by atoms with Crippen molar-refractivity contribution in [2.75, 3.05) is 0 Å². The molecule has 1 atom stereocenters. The van der Waals surface area contributed by atoms with Crippen LogP contribution in [0.3, 0.4) is 0 Å². The van der Waals surface area contributed by atoms with E-state index < -0.39 is 0 Å². The van der Waals surface area contributed by atoms with Gasteiger partial charge in [0.05, 0.1) is 0 Å². The molecule has 1 aromatic heterocycles. The largest absolute Gasteiger partial charge is 0.373 e. The molecule has 3 nitrogen and oxygen atoms in total. The molecule has 0 fully saturated rings. The van der Waals surface area contributed by atoms with Crippen molar-refractivity contribution in [1.29, 1.82) is 0 Å². The first-order valence-electron chi connectivity index (χ1n) is 2.80. The third kappa shape index (κ3) is 1.02. The lowest BCUT2D eigenvalue weighted by Gasteiger charge is -2.03. The van der Waals surface area contributed by atoms with Crippen LogP contribution in [0, 0.1) is 0 Å². The minimum Gasteiger partial charge on any atom is -0.373 e. The second-order valence-electron chi connectivity index (χ2n) is 1.82. The van der Waals surface area contributed by atoms with E-state index in [4.69, 9.17) is 0 Å². The molecule has 1 aromatic rings. The van der Waals surface area contributed by atoms with Crippen LogP contribution in [0.25, 0.3) is 0 Å². The third-order valence-corrected chi connectivity index (χ3v) is 2.64. The number of nitrogens with one attached hydrogen (secondary N) is 1. The maximum Gasteiger partial charge on any atom is 0.122 e. The minimum atomic E-state index is 0.291. The monoisotopic (exact) mass is 171 g/mol. The van der Waals surface area contributed by atoms with E-state index in [0.29, 0.717) is 5.37 Å². The van der Waals surface area contributed by atoms with E-state index in [9.17, 15) is 0 Å². The van der Waals surface area contributed by atoms with Crippen LogP contribution in [0.1, 0.15) is 11.1 Å². The lowest BCUT2D eigenvalue weighted by Crippen LogP contribution is -2.06. The molecule has 0 spiro atoms.